The lowest BCUT2D eigenvalue weighted by Crippen LogP contribution is -2.48. The molecule has 1 unspecified atom stereocenters. The molecule has 2 aliphatic rings. The topological polar surface area (TPSA) is 74.1 Å². The van der Waals surface area contributed by atoms with Crippen molar-refractivity contribution in [3.63, 3.8) is 0 Å². The van der Waals surface area contributed by atoms with Crippen LogP contribution in [0.1, 0.15) is 13.8 Å². The van der Waals surface area contributed by atoms with Crippen molar-refractivity contribution in [3.8, 4) is 0 Å². The molecule has 0 saturated carbocycles. The molecule has 1 aliphatic carbocycles. The van der Waals surface area contributed by atoms with Gasteiger partial charge in [-0.05, 0) is 36.3 Å². The number of allylic oxidation sites excluding steroid dienone is 3. The second-order valence-electron chi connectivity index (χ2n) is 6.45. The van der Waals surface area contributed by atoms with Crippen LogP contribution in [0.15, 0.2) is 58.6 Å². The Balaban J connectivity index is 1.90. The van der Waals surface area contributed by atoms with E-state index >= 15 is 0 Å². The highest BCUT2D eigenvalue weighted by Crippen LogP contribution is 2.22. The molecule has 0 saturated heterocycles. The van der Waals surface area contributed by atoms with E-state index < -0.39 is 17.9 Å². The molecule has 3 rings (SSSR count). The van der Waals surface area contributed by atoms with Crippen molar-refractivity contribution in [3.05, 3.63) is 54.4 Å². The lowest BCUT2D eigenvalue weighted by Gasteiger charge is -2.32. The number of urea groups is 2. The standard InChI is InChI=1S/C19H19FN4O2/c1-12(2)11-24-17(15-5-3-4-6-16(15)22-19(24)26)23-18(25)21-14-9-7-13(20)8-10-14/h3-10,12,15H,11H2,1-2H3,(H,21,25)/b23-17-. The van der Waals surface area contributed by atoms with E-state index in [2.05, 4.69) is 15.3 Å². The van der Waals surface area contributed by atoms with Crippen molar-refractivity contribution in [2.75, 3.05) is 11.9 Å². The largest absolute Gasteiger partial charge is 0.349 e. The van der Waals surface area contributed by atoms with Gasteiger partial charge in [-0.25, -0.2) is 14.0 Å². The van der Waals surface area contributed by atoms with Gasteiger partial charge in [-0.1, -0.05) is 32.1 Å². The molecule has 134 valence electrons. The number of carbonyl (C=O) groups excluding carboxylic acids is 2. The Morgan fingerprint density at radius 1 is 1.31 bits per heavy atom. The Labute approximate surface area is 150 Å². The molecule has 0 radical (unpaired) electrons. The molecule has 6 nitrogen and oxygen atoms in total. The quantitative estimate of drug-likeness (QED) is 0.890. The molecule has 1 heterocycles. The smallest absolute Gasteiger partial charge is 0.306 e. The van der Waals surface area contributed by atoms with Crippen LogP contribution in [-0.4, -0.2) is 35.1 Å². The third-order valence-corrected chi connectivity index (χ3v) is 3.87. The zero-order valence-electron chi connectivity index (χ0n) is 14.5. The van der Waals surface area contributed by atoms with E-state index in [0.29, 0.717) is 23.8 Å². The number of carbonyl (C=O) groups is 2. The molecule has 26 heavy (non-hydrogen) atoms. The number of aliphatic imine (C=N–C) groups is 2. The first kappa shape index (κ1) is 17.7. The van der Waals surface area contributed by atoms with E-state index in [1.807, 2.05) is 26.0 Å². The van der Waals surface area contributed by atoms with Crippen molar-refractivity contribution < 1.29 is 14.0 Å². The first-order valence-corrected chi connectivity index (χ1v) is 8.34. The van der Waals surface area contributed by atoms with Crippen LogP contribution in [0.2, 0.25) is 0 Å². The number of fused-ring (bicyclic) bond motifs is 1. The van der Waals surface area contributed by atoms with Gasteiger partial charge in [-0.15, -0.1) is 0 Å². The number of benzene rings is 1. The third kappa shape index (κ3) is 3.93. The maximum absolute atomic E-state index is 13.0. The van der Waals surface area contributed by atoms with Crippen molar-refractivity contribution >= 4 is 29.3 Å². The predicted octanol–water partition coefficient (Wildman–Crippen LogP) is 4.03. The molecule has 1 aliphatic heterocycles. The van der Waals surface area contributed by atoms with Crippen molar-refractivity contribution in [1.29, 1.82) is 0 Å². The Morgan fingerprint density at radius 3 is 2.73 bits per heavy atom. The molecule has 1 atom stereocenters. The molecular weight excluding hydrogens is 335 g/mol. The zero-order valence-corrected chi connectivity index (χ0v) is 14.5. The third-order valence-electron chi connectivity index (χ3n) is 3.87. The van der Waals surface area contributed by atoms with E-state index in [9.17, 15) is 14.0 Å². The molecule has 1 N–H and O–H groups in total. The average molecular weight is 354 g/mol. The molecule has 0 bridgehead atoms. The van der Waals surface area contributed by atoms with Gasteiger partial charge in [-0.2, -0.15) is 9.98 Å². The highest BCUT2D eigenvalue weighted by atomic mass is 19.1. The van der Waals surface area contributed by atoms with E-state index in [1.165, 1.54) is 29.2 Å². The van der Waals surface area contributed by atoms with Gasteiger partial charge in [0.25, 0.3) is 0 Å². The number of amidine groups is 1. The number of anilines is 1. The molecular formula is C19H19FN4O2. The summed E-state index contributed by atoms with van der Waals surface area (Å²) < 4.78 is 13.0. The number of nitrogens with one attached hydrogen (secondary N) is 1. The van der Waals surface area contributed by atoms with E-state index in [1.54, 1.807) is 12.2 Å². The van der Waals surface area contributed by atoms with Crippen LogP contribution in [0.3, 0.4) is 0 Å². The van der Waals surface area contributed by atoms with Crippen LogP contribution < -0.4 is 5.32 Å². The summed E-state index contributed by atoms with van der Waals surface area (Å²) in [6.07, 6.45) is 7.21. The van der Waals surface area contributed by atoms with Gasteiger partial charge in [0.15, 0.2) is 0 Å². The molecule has 0 aromatic heterocycles. The van der Waals surface area contributed by atoms with Gasteiger partial charge in [0, 0.05) is 12.2 Å². The summed E-state index contributed by atoms with van der Waals surface area (Å²) in [5.74, 6) is -0.219. The Hall–Kier alpha value is -3.09. The van der Waals surface area contributed by atoms with E-state index in [4.69, 9.17) is 0 Å². The molecule has 4 amide bonds. The highest BCUT2D eigenvalue weighted by Gasteiger charge is 2.34. The minimum Gasteiger partial charge on any atom is -0.306 e. The minimum atomic E-state index is -0.627. The Bertz CT molecular complexity index is 838. The van der Waals surface area contributed by atoms with Crippen LogP contribution in [0.5, 0.6) is 0 Å². The molecule has 0 fully saturated rings. The molecule has 1 aromatic rings. The van der Waals surface area contributed by atoms with Gasteiger partial charge in [0.1, 0.15) is 11.7 Å². The minimum absolute atomic E-state index is 0.184. The van der Waals surface area contributed by atoms with Crippen LogP contribution in [-0.2, 0) is 0 Å². The fourth-order valence-corrected chi connectivity index (χ4v) is 2.75. The Kier molecular flexibility index (Phi) is 5.06. The maximum Gasteiger partial charge on any atom is 0.349 e. The normalized spacial score (nSPS) is 20.4. The van der Waals surface area contributed by atoms with Crippen molar-refractivity contribution in [2.24, 2.45) is 21.8 Å². The zero-order chi connectivity index (χ0) is 18.7. The van der Waals surface area contributed by atoms with Crippen molar-refractivity contribution in [2.45, 2.75) is 13.8 Å². The van der Waals surface area contributed by atoms with Crippen LogP contribution in [0, 0.1) is 17.7 Å². The van der Waals surface area contributed by atoms with E-state index in [-0.39, 0.29) is 11.8 Å². The van der Waals surface area contributed by atoms with Crippen LogP contribution in [0.25, 0.3) is 0 Å². The lowest BCUT2D eigenvalue weighted by molar-refractivity contribution is 0.224. The first-order chi connectivity index (χ1) is 12.4. The average Bonchev–Trinajstić information content (AvgIpc) is 2.59. The number of amides is 4. The molecule has 0 spiro atoms. The Morgan fingerprint density at radius 2 is 2.04 bits per heavy atom. The monoisotopic (exact) mass is 354 g/mol. The summed E-state index contributed by atoms with van der Waals surface area (Å²) in [6, 6.07) is 4.33. The molecule has 1 aromatic carbocycles. The number of rotatable bonds is 3. The van der Waals surface area contributed by atoms with Gasteiger partial charge in [0.2, 0.25) is 0 Å². The number of hydrogen-bond acceptors (Lipinski definition) is 2. The summed E-state index contributed by atoms with van der Waals surface area (Å²) in [5, 5.41) is 2.59. The second kappa shape index (κ2) is 7.43. The van der Waals surface area contributed by atoms with Gasteiger partial charge >= 0.3 is 12.1 Å². The summed E-state index contributed by atoms with van der Waals surface area (Å²) in [4.78, 5) is 34.4. The number of nitrogens with zero attached hydrogens (tertiary/aromatic N) is 3. The first-order valence-electron chi connectivity index (χ1n) is 8.34. The second-order valence-corrected chi connectivity index (χ2v) is 6.45. The summed E-state index contributed by atoms with van der Waals surface area (Å²) in [6.45, 7) is 4.35. The number of hydrogen-bond donors (Lipinski definition) is 1. The van der Waals surface area contributed by atoms with Crippen LogP contribution in [0.4, 0.5) is 19.7 Å². The summed E-state index contributed by atoms with van der Waals surface area (Å²) >= 11 is 0. The predicted molar refractivity (Wildman–Crippen MR) is 99.0 cm³/mol. The lowest BCUT2D eigenvalue weighted by atomic mass is 9.94. The summed E-state index contributed by atoms with van der Waals surface area (Å²) in [5.41, 5.74) is 0.983. The van der Waals surface area contributed by atoms with Gasteiger partial charge < -0.3 is 5.32 Å². The fraction of sp³-hybridized carbons (Fsp3) is 0.263. The molecule has 7 heteroatoms. The SMILES string of the molecule is CC(C)CN1C(=O)N=C2C=CC=CC2/C1=N/C(=O)Nc1ccc(F)cc1. The van der Waals surface area contributed by atoms with E-state index in [0.717, 1.165) is 0 Å². The summed E-state index contributed by atoms with van der Waals surface area (Å²) in [7, 11) is 0. The highest BCUT2D eigenvalue weighted by molar-refractivity contribution is 6.24. The van der Waals surface area contributed by atoms with Crippen molar-refractivity contribution in [1.82, 2.24) is 4.90 Å². The maximum atomic E-state index is 13.0. The van der Waals surface area contributed by atoms with Crippen LogP contribution >= 0.6 is 0 Å². The van der Waals surface area contributed by atoms with Gasteiger partial charge in [-0.3, -0.25) is 4.90 Å². The van der Waals surface area contributed by atoms with Gasteiger partial charge in [0.05, 0.1) is 11.6 Å². The number of halogens is 1. The fourth-order valence-electron chi connectivity index (χ4n) is 2.75.